The van der Waals surface area contributed by atoms with Gasteiger partial charge in [-0.15, -0.1) is 0 Å². The summed E-state index contributed by atoms with van der Waals surface area (Å²) >= 11 is 0. The molecule has 7 N–H and O–H groups in total. The molecular weight excluding hydrogens is 883 g/mol. The van der Waals surface area contributed by atoms with Gasteiger partial charge < -0.3 is 41.2 Å². The summed E-state index contributed by atoms with van der Waals surface area (Å²) in [6.45, 7) is 17.0. The van der Waals surface area contributed by atoms with Gasteiger partial charge in [-0.1, -0.05) is 166 Å². The molecule has 2 amide bonds. The summed E-state index contributed by atoms with van der Waals surface area (Å²) in [5.74, 6) is -0.341. The fourth-order valence-electron chi connectivity index (χ4n) is 9.33. The number of carboxylic acids is 1. The van der Waals surface area contributed by atoms with Gasteiger partial charge >= 0.3 is 18.0 Å². The Bertz CT molecular complexity index is 2160. The molecular formula is C58H83N3O9. The molecule has 2 aliphatic carbocycles. The first-order valence-electron chi connectivity index (χ1n) is 25.0. The first-order chi connectivity index (χ1) is 33.1. The van der Waals surface area contributed by atoms with E-state index in [2.05, 4.69) is 88.6 Å². The molecule has 0 unspecified atom stereocenters. The lowest BCUT2D eigenvalue weighted by Crippen LogP contribution is -2.46. The topological polar surface area (TPSA) is 198 Å². The van der Waals surface area contributed by atoms with E-state index in [0.29, 0.717) is 23.8 Å². The molecule has 0 aromatic heterocycles. The van der Waals surface area contributed by atoms with Gasteiger partial charge in [-0.05, 0) is 101 Å². The number of hydrogen-bond donors (Lipinski definition) is 6. The van der Waals surface area contributed by atoms with Crippen molar-refractivity contribution >= 4 is 23.9 Å². The van der Waals surface area contributed by atoms with Crippen LogP contribution in [0.2, 0.25) is 0 Å². The zero-order chi connectivity index (χ0) is 50.6. The fourth-order valence-corrected chi connectivity index (χ4v) is 9.33. The largest absolute Gasteiger partial charge is 0.480 e. The zero-order valence-electron chi connectivity index (χ0n) is 42.2. The smallest absolute Gasteiger partial charge is 0.407 e. The van der Waals surface area contributed by atoms with Crippen LogP contribution in [0.3, 0.4) is 0 Å². The first-order valence-corrected chi connectivity index (χ1v) is 25.0. The minimum Gasteiger partial charge on any atom is -0.480 e. The molecule has 2 aliphatic rings. The number of nitrogens with one attached hydrogen (secondary N) is 2. The van der Waals surface area contributed by atoms with E-state index < -0.39 is 24.0 Å². The molecule has 0 spiro atoms. The molecule has 8 atom stereocenters. The number of nitrogens with two attached hydrogens (primary N) is 1. The lowest BCUT2D eigenvalue weighted by atomic mass is 9.85. The van der Waals surface area contributed by atoms with Crippen LogP contribution in [0.5, 0.6) is 0 Å². The molecule has 0 saturated heterocycles. The number of carbonyl (C=O) groups excluding carboxylic acids is 3. The third kappa shape index (κ3) is 16.2. The van der Waals surface area contributed by atoms with Crippen molar-refractivity contribution in [3.63, 3.8) is 0 Å². The van der Waals surface area contributed by atoms with Gasteiger partial charge in [0.1, 0.15) is 19.3 Å². The Morgan fingerprint density at radius 1 is 0.586 bits per heavy atom. The van der Waals surface area contributed by atoms with Crippen molar-refractivity contribution in [1.82, 2.24) is 10.6 Å². The quantitative estimate of drug-likeness (QED) is 0.0412. The highest BCUT2D eigenvalue weighted by atomic mass is 16.5. The van der Waals surface area contributed by atoms with Crippen LogP contribution in [0, 0.1) is 29.6 Å². The number of esters is 1. The van der Waals surface area contributed by atoms with Gasteiger partial charge in [-0.2, -0.15) is 0 Å². The van der Waals surface area contributed by atoms with Crippen LogP contribution in [0.25, 0.3) is 22.3 Å². The molecule has 4 aromatic carbocycles. The third-order valence-electron chi connectivity index (χ3n) is 14.1. The van der Waals surface area contributed by atoms with Crippen LogP contribution in [0.15, 0.2) is 97.1 Å². The van der Waals surface area contributed by atoms with Gasteiger partial charge in [0.05, 0.1) is 6.42 Å². The Morgan fingerprint density at radius 2 is 0.986 bits per heavy atom. The standard InChI is InChI=1S/C29H39NO4.C18H17NO4.C10H23NO.CH4/c1-5-19(2)28(20(3)11-10-16-31)30-29(33)21(4)17-27(32)34-18-26-24-14-8-6-12-22(24)23-13-7-9-15-25(23)26;1-11(17(20)21)19-18(22)23-10-16-14-8-4-2-6-12(14)13-7-3-5-9-15(13)16;1-4-8(2)10(11)9(3)6-5-7-12;/h6-9,12-15,19-21,26,28,31H,5,10-11,16-18H2,1-4H3,(H,30,33);2-9,11,16H,10H2,1H3,(H,19,22)(H,20,21);8-10,12H,4-7,11H2,1-3H3;1H4/t19-,20-,21-,28+;11-;8-,9-,10+;/m010./s1. The van der Waals surface area contributed by atoms with E-state index in [0.717, 1.165) is 60.8 Å². The second-order valence-corrected chi connectivity index (χ2v) is 19.1. The van der Waals surface area contributed by atoms with Gasteiger partial charge in [-0.3, -0.25) is 14.4 Å². The molecule has 6 rings (SSSR count). The number of aliphatic carboxylic acids is 1. The van der Waals surface area contributed by atoms with E-state index >= 15 is 0 Å². The molecule has 0 aliphatic heterocycles. The summed E-state index contributed by atoms with van der Waals surface area (Å²) in [7, 11) is 0. The van der Waals surface area contributed by atoms with E-state index in [9.17, 15) is 19.2 Å². The van der Waals surface area contributed by atoms with Crippen LogP contribution in [0.4, 0.5) is 4.79 Å². The van der Waals surface area contributed by atoms with Gasteiger partial charge in [-0.25, -0.2) is 4.79 Å². The van der Waals surface area contributed by atoms with Crippen LogP contribution in [-0.2, 0) is 23.9 Å². The van der Waals surface area contributed by atoms with Gasteiger partial charge in [0, 0.05) is 43.1 Å². The SMILES string of the molecule is C.CC[C@H](C)[C@@H](N)[C@@H](C)CCCO.CC[C@H](C)[C@@H](NC(=O)[C@@H](C)CC(=O)OCC1c2ccccc2-c2ccccc21)[C@@H](C)CCCO.C[C@@H](NC(=O)OCC1c2ccccc2-c2ccccc21)C(=O)O. The second-order valence-electron chi connectivity index (χ2n) is 19.1. The number of aliphatic hydroxyl groups is 2. The molecule has 0 saturated carbocycles. The number of carboxylic acid groups (broad SMARTS) is 1. The van der Waals surface area contributed by atoms with Crippen molar-refractivity contribution in [3.05, 3.63) is 119 Å². The van der Waals surface area contributed by atoms with Crippen molar-refractivity contribution in [2.75, 3.05) is 26.4 Å². The highest BCUT2D eigenvalue weighted by Gasteiger charge is 2.32. The molecule has 0 radical (unpaired) electrons. The number of ether oxygens (including phenoxy) is 2. The second kappa shape index (κ2) is 29.6. The summed E-state index contributed by atoms with van der Waals surface area (Å²) < 4.78 is 10.9. The Labute approximate surface area is 418 Å². The predicted octanol–water partition coefficient (Wildman–Crippen LogP) is 10.7. The Morgan fingerprint density at radius 3 is 1.39 bits per heavy atom. The maximum Gasteiger partial charge on any atom is 0.407 e. The monoisotopic (exact) mass is 966 g/mol. The van der Waals surface area contributed by atoms with Gasteiger partial charge in [0.25, 0.3) is 0 Å². The Hall–Kier alpha value is -5.56. The molecule has 12 heteroatoms. The van der Waals surface area contributed by atoms with Crippen molar-refractivity contribution in [2.24, 2.45) is 35.3 Å². The fraction of sp³-hybridized carbons (Fsp3) is 0.517. The maximum absolute atomic E-state index is 12.9. The summed E-state index contributed by atoms with van der Waals surface area (Å²) in [6.07, 6.45) is 4.93. The summed E-state index contributed by atoms with van der Waals surface area (Å²) in [6, 6.07) is 31.9. The van der Waals surface area contributed by atoms with E-state index in [1.165, 1.54) is 29.2 Å². The third-order valence-corrected chi connectivity index (χ3v) is 14.1. The highest BCUT2D eigenvalue weighted by Crippen LogP contribution is 2.45. The number of carbonyl (C=O) groups is 4. The van der Waals surface area contributed by atoms with E-state index in [1.54, 1.807) is 6.92 Å². The lowest BCUT2D eigenvalue weighted by molar-refractivity contribution is -0.147. The number of hydrogen-bond acceptors (Lipinski definition) is 9. The first kappa shape index (κ1) is 58.8. The van der Waals surface area contributed by atoms with Crippen molar-refractivity contribution in [2.45, 2.75) is 138 Å². The summed E-state index contributed by atoms with van der Waals surface area (Å²) in [4.78, 5) is 48.1. The van der Waals surface area contributed by atoms with Gasteiger partial charge in [0.2, 0.25) is 5.91 Å². The van der Waals surface area contributed by atoms with E-state index in [-0.39, 0.29) is 75.9 Å². The minimum absolute atomic E-state index is 0. The lowest BCUT2D eigenvalue weighted by Gasteiger charge is -2.31. The van der Waals surface area contributed by atoms with Gasteiger partial charge in [0.15, 0.2) is 0 Å². The maximum atomic E-state index is 12.9. The average Bonchev–Trinajstić information content (AvgIpc) is 3.86. The molecule has 0 fully saturated rings. The number of alkyl carbamates (subject to hydrolysis) is 1. The minimum atomic E-state index is -1.10. The number of amides is 2. The normalized spacial score (nSPS) is 15.6. The number of aliphatic hydroxyl groups excluding tert-OH is 2. The molecule has 70 heavy (non-hydrogen) atoms. The number of benzene rings is 4. The van der Waals surface area contributed by atoms with Crippen LogP contribution < -0.4 is 16.4 Å². The summed E-state index contributed by atoms with van der Waals surface area (Å²) in [5.41, 5.74) is 15.3. The van der Waals surface area contributed by atoms with Crippen LogP contribution in [0.1, 0.15) is 142 Å². The predicted molar refractivity (Wildman–Crippen MR) is 280 cm³/mol. The van der Waals surface area contributed by atoms with Crippen molar-refractivity contribution < 1.29 is 44.0 Å². The Balaban J connectivity index is 0.000000310. The van der Waals surface area contributed by atoms with Crippen molar-refractivity contribution in [1.29, 1.82) is 0 Å². The van der Waals surface area contributed by atoms with E-state index in [4.69, 9.17) is 30.5 Å². The van der Waals surface area contributed by atoms with Crippen LogP contribution in [-0.4, -0.2) is 83.8 Å². The number of fused-ring (bicyclic) bond motifs is 6. The molecule has 4 aromatic rings. The number of rotatable bonds is 22. The Kier molecular flexibility index (Phi) is 24.8. The average molecular weight is 966 g/mol. The molecule has 0 bridgehead atoms. The highest BCUT2D eigenvalue weighted by molar-refractivity contribution is 5.84. The molecule has 0 heterocycles. The van der Waals surface area contributed by atoms with Crippen molar-refractivity contribution in [3.8, 4) is 22.3 Å². The van der Waals surface area contributed by atoms with Crippen LogP contribution >= 0.6 is 0 Å². The molecule has 384 valence electrons. The summed E-state index contributed by atoms with van der Waals surface area (Å²) in [5, 5.41) is 32.1. The zero-order valence-corrected chi connectivity index (χ0v) is 42.2. The van der Waals surface area contributed by atoms with E-state index in [1.807, 2.05) is 60.7 Å². The molecule has 12 nitrogen and oxygen atoms in total.